The molecule has 0 aliphatic heterocycles. The van der Waals surface area contributed by atoms with E-state index in [0.717, 1.165) is 10.9 Å². The minimum atomic E-state index is -0.313. The van der Waals surface area contributed by atoms with Crippen molar-refractivity contribution in [3.05, 3.63) is 54.4 Å². The van der Waals surface area contributed by atoms with Crippen molar-refractivity contribution in [3.8, 4) is 0 Å². The van der Waals surface area contributed by atoms with Crippen LogP contribution < -0.4 is 10.6 Å². The van der Waals surface area contributed by atoms with Crippen molar-refractivity contribution in [3.63, 3.8) is 0 Å². The van der Waals surface area contributed by atoms with Crippen LogP contribution in [0.15, 0.2) is 48.7 Å². The minimum Gasteiger partial charge on any atom is -0.366 e. The van der Waals surface area contributed by atoms with Crippen molar-refractivity contribution in [2.45, 2.75) is 19.9 Å². The fourth-order valence-corrected chi connectivity index (χ4v) is 2.22. The Morgan fingerprint density at radius 1 is 1.04 bits per heavy atom. The molecular weight excluding hydrogens is 290 g/mol. The number of hydrogen-bond acceptors (Lipinski definition) is 5. The number of anilines is 2. The number of benzene rings is 1. The number of rotatable bonds is 4. The van der Waals surface area contributed by atoms with Gasteiger partial charge in [0.1, 0.15) is 5.82 Å². The van der Waals surface area contributed by atoms with Crippen LogP contribution in [0.5, 0.6) is 0 Å². The molecule has 1 amide bonds. The van der Waals surface area contributed by atoms with Gasteiger partial charge >= 0.3 is 0 Å². The molecule has 23 heavy (non-hydrogen) atoms. The van der Waals surface area contributed by atoms with Crippen molar-refractivity contribution in [1.82, 2.24) is 15.2 Å². The zero-order valence-electron chi connectivity index (χ0n) is 12.9. The molecule has 0 spiro atoms. The molecule has 3 aromatic rings. The number of nitrogens with one attached hydrogen (secondary N) is 2. The third-order valence-electron chi connectivity index (χ3n) is 3.21. The van der Waals surface area contributed by atoms with E-state index < -0.39 is 0 Å². The standard InChI is InChI=1S/C17H17N5O/c1-11(2)19-15-9-8-14(21-22-15)17(23)20-13-7-3-5-12-6-4-10-18-16(12)13/h3-11H,1-2H3,(H,19,22)(H,20,23). The Morgan fingerprint density at radius 2 is 1.87 bits per heavy atom. The number of pyridine rings is 1. The summed E-state index contributed by atoms with van der Waals surface area (Å²) >= 11 is 0. The lowest BCUT2D eigenvalue weighted by Gasteiger charge is -2.09. The quantitative estimate of drug-likeness (QED) is 0.774. The second kappa shape index (κ2) is 6.39. The Kier molecular flexibility index (Phi) is 4.14. The van der Waals surface area contributed by atoms with E-state index in [1.165, 1.54) is 0 Å². The summed E-state index contributed by atoms with van der Waals surface area (Å²) in [4.78, 5) is 16.6. The third kappa shape index (κ3) is 3.42. The van der Waals surface area contributed by atoms with Crippen molar-refractivity contribution in [1.29, 1.82) is 0 Å². The van der Waals surface area contributed by atoms with Gasteiger partial charge in [0.25, 0.3) is 5.91 Å². The van der Waals surface area contributed by atoms with E-state index >= 15 is 0 Å². The summed E-state index contributed by atoms with van der Waals surface area (Å²) in [7, 11) is 0. The number of hydrogen-bond donors (Lipinski definition) is 2. The minimum absolute atomic E-state index is 0.255. The highest BCUT2D eigenvalue weighted by Gasteiger charge is 2.11. The van der Waals surface area contributed by atoms with E-state index in [1.54, 1.807) is 18.3 Å². The van der Waals surface area contributed by atoms with Crippen molar-refractivity contribution >= 4 is 28.3 Å². The van der Waals surface area contributed by atoms with Crippen LogP contribution in [0, 0.1) is 0 Å². The summed E-state index contributed by atoms with van der Waals surface area (Å²) in [6.45, 7) is 4.02. The summed E-state index contributed by atoms with van der Waals surface area (Å²) < 4.78 is 0. The molecule has 0 aliphatic rings. The van der Waals surface area contributed by atoms with E-state index in [9.17, 15) is 4.79 Å². The van der Waals surface area contributed by atoms with E-state index in [4.69, 9.17) is 0 Å². The lowest BCUT2D eigenvalue weighted by Crippen LogP contribution is -2.16. The molecule has 0 atom stereocenters. The molecule has 0 aliphatic carbocycles. The smallest absolute Gasteiger partial charge is 0.276 e. The lowest BCUT2D eigenvalue weighted by molar-refractivity contribution is 0.102. The molecule has 0 fully saturated rings. The number of fused-ring (bicyclic) bond motifs is 1. The van der Waals surface area contributed by atoms with Gasteiger partial charge < -0.3 is 10.6 Å². The molecule has 6 heteroatoms. The van der Waals surface area contributed by atoms with E-state index in [0.29, 0.717) is 11.5 Å². The second-order valence-corrected chi connectivity index (χ2v) is 5.44. The second-order valence-electron chi connectivity index (χ2n) is 5.44. The van der Waals surface area contributed by atoms with Crippen LogP contribution in [0.4, 0.5) is 11.5 Å². The van der Waals surface area contributed by atoms with Gasteiger partial charge in [-0.05, 0) is 38.1 Å². The fraction of sp³-hybridized carbons (Fsp3) is 0.176. The number of carbonyl (C=O) groups is 1. The SMILES string of the molecule is CC(C)Nc1ccc(C(=O)Nc2cccc3cccnc23)nn1. The summed E-state index contributed by atoms with van der Waals surface area (Å²) in [5, 5.41) is 14.9. The molecule has 0 radical (unpaired) electrons. The zero-order valence-corrected chi connectivity index (χ0v) is 12.9. The molecule has 0 unspecified atom stereocenters. The molecule has 0 saturated carbocycles. The molecule has 2 heterocycles. The number of aromatic nitrogens is 3. The molecule has 0 saturated heterocycles. The number of amides is 1. The van der Waals surface area contributed by atoms with E-state index in [1.807, 2.05) is 44.2 Å². The molecule has 0 bridgehead atoms. The molecule has 116 valence electrons. The molecule has 3 rings (SSSR count). The predicted molar refractivity (Wildman–Crippen MR) is 90.5 cm³/mol. The average molecular weight is 307 g/mol. The predicted octanol–water partition coefficient (Wildman–Crippen LogP) is 3.10. The third-order valence-corrected chi connectivity index (χ3v) is 3.21. The first-order chi connectivity index (χ1) is 11.1. The lowest BCUT2D eigenvalue weighted by atomic mass is 10.2. The number of nitrogens with zero attached hydrogens (tertiary/aromatic N) is 3. The first kappa shape index (κ1) is 14.9. The van der Waals surface area contributed by atoms with Crippen LogP contribution in [0.3, 0.4) is 0 Å². The van der Waals surface area contributed by atoms with Gasteiger partial charge in [-0.25, -0.2) is 0 Å². The highest BCUT2D eigenvalue weighted by Crippen LogP contribution is 2.21. The van der Waals surface area contributed by atoms with Crippen LogP contribution >= 0.6 is 0 Å². The van der Waals surface area contributed by atoms with Gasteiger partial charge in [-0.2, -0.15) is 0 Å². The molecule has 6 nitrogen and oxygen atoms in total. The summed E-state index contributed by atoms with van der Waals surface area (Å²) in [5.41, 5.74) is 1.65. The molecule has 2 aromatic heterocycles. The molecular formula is C17H17N5O. The van der Waals surface area contributed by atoms with Gasteiger partial charge in [0.05, 0.1) is 11.2 Å². The van der Waals surface area contributed by atoms with Crippen LogP contribution in [0.1, 0.15) is 24.3 Å². The van der Waals surface area contributed by atoms with Crippen LogP contribution in [-0.4, -0.2) is 27.1 Å². The largest absolute Gasteiger partial charge is 0.366 e. The summed E-state index contributed by atoms with van der Waals surface area (Å²) in [5.74, 6) is 0.329. The Morgan fingerprint density at radius 3 is 2.61 bits per heavy atom. The van der Waals surface area contributed by atoms with Crippen molar-refractivity contribution in [2.24, 2.45) is 0 Å². The topological polar surface area (TPSA) is 79.8 Å². The van der Waals surface area contributed by atoms with Crippen LogP contribution in [0.25, 0.3) is 10.9 Å². The summed E-state index contributed by atoms with van der Waals surface area (Å²) in [6, 6.07) is 13.1. The monoisotopic (exact) mass is 307 g/mol. The number of carbonyl (C=O) groups excluding carboxylic acids is 1. The van der Waals surface area contributed by atoms with Crippen molar-refractivity contribution in [2.75, 3.05) is 10.6 Å². The van der Waals surface area contributed by atoms with Gasteiger partial charge in [-0.15, -0.1) is 10.2 Å². The maximum absolute atomic E-state index is 12.3. The Hall–Kier alpha value is -3.02. The first-order valence-corrected chi connectivity index (χ1v) is 7.39. The van der Waals surface area contributed by atoms with Gasteiger partial charge in [-0.3, -0.25) is 9.78 Å². The maximum Gasteiger partial charge on any atom is 0.276 e. The summed E-state index contributed by atoms with van der Waals surface area (Å²) in [6.07, 6.45) is 1.70. The highest BCUT2D eigenvalue weighted by molar-refractivity contribution is 6.07. The Balaban J connectivity index is 1.81. The zero-order chi connectivity index (χ0) is 16.2. The van der Waals surface area contributed by atoms with E-state index in [-0.39, 0.29) is 17.6 Å². The Bertz CT molecular complexity index is 825. The van der Waals surface area contributed by atoms with Crippen LogP contribution in [0.2, 0.25) is 0 Å². The Labute approximate surface area is 134 Å². The maximum atomic E-state index is 12.3. The van der Waals surface area contributed by atoms with Gasteiger partial charge in [0.2, 0.25) is 0 Å². The van der Waals surface area contributed by atoms with Gasteiger partial charge in [-0.1, -0.05) is 18.2 Å². The molecule has 1 aromatic carbocycles. The first-order valence-electron chi connectivity index (χ1n) is 7.39. The molecule has 2 N–H and O–H groups in total. The van der Waals surface area contributed by atoms with Gasteiger partial charge in [0, 0.05) is 17.6 Å². The number of para-hydroxylation sites is 1. The highest BCUT2D eigenvalue weighted by atomic mass is 16.1. The average Bonchev–Trinajstić information content (AvgIpc) is 2.55. The normalized spacial score (nSPS) is 10.7. The fourth-order valence-electron chi connectivity index (χ4n) is 2.22. The van der Waals surface area contributed by atoms with Crippen molar-refractivity contribution < 1.29 is 4.79 Å². The van der Waals surface area contributed by atoms with Gasteiger partial charge in [0.15, 0.2) is 5.69 Å². The van der Waals surface area contributed by atoms with E-state index in [2.05, 4.69) is 25.8 Å². The van der Waals surface area contributed by atoms with Crippen LogP contribution in [-0.2, 0) is 0 Å².